The average molecular weight is 245 g/mol. The van der Waals surface area contributed by atoms with Crippen LogP contribution in [-0.2, 0) is 0 Å². The van der Waals surface area contributed by atoms with E-state index in [4.69, 9.17) is 0 Å². The Kier molecular flexibility index (Phi) is 2.72. The zero-order valence-electron chi connectivity index (χ0n) is 10.7. The first-order valence-corrected chi connectivity index (χ1v) is 7.22. The predicted molar refractivity (Wildman–Crippen MR) is 75.7 cm³/mol. The molecule has 0 amide bonds. The molecule has 1 N–H and O–H groups in total. The molecule has 90 valence electrons. The van der Waals surface area contributed by atoms with Crippen molar-refractivity contribution in [3.05, 3.63) is 34.7 Å². The van der Waals surface area contributed by atoms with Crippen molar-refractivity contribution in [2.24, 2.45) is 5.92 Å². The zero-order chi connectivity index (χ0) is 12.0. The van der Waals surface area contributed by atoms with Crippen molar-refractivity contribution in [3.8, 4) is 0 Å². The van der Waals surface area contributed by atoms with E-state index in [0.29, 0.717) is 6.04 Å². The van der Waals surface area contributed by atoms with Gasteiger partial charge in [0.2, 0.25) is 0 Å². The van der Waals surface area contributed by atoms with E-state index in [1.54, 1.807) is 0 Å². The molecular weight excluding hydrogens is 226 g/mol. The summed E-state index contributed by atoms with van der Waals surface area (Å²) in [6, 6.07) is 9.95. The minimum Gasteiger partial charge on any atom is -0.306 e. The van der Waals surface area contributed by atoms with Crippen LogP contribution in [0, 0.1) is 12.8 Å². The second kappa shape index (κ2) is 4.11. The lowest BCUT2D eigenvalue weighted by Gasteiger charge is -2.12. The molecule has 3 rings (SSSR count). The number of hydrogen-bond acceptors (Lipinski definition) is 2. The van der Waals surface area contributed by atoms with Crippen LogP contribution in [0.3, 0.4) is 0 Å². The van der Waals surface area contributed by atoms with Gasteiger partial charge in [-0.25, -0.2) is 0 Å². The van der Waals surface area contributed by atoms with Crippen molar-refractivity contribution in [1.82, 2.24) is 5.32 Å². The number of benzene rings is 1. The number of thiophene rings is 1. The lowest BCUT2D eigenvalue weighted by atomic mass is 10.1. The fraction of sp³-hybridized carbons (Fsp3) is 0.467. The molecule has 0 bridgehead atoms. The van der Waals surface area contributed by atoms with Crippen molar-refractivity contribution in [2.45, 2.75) is 39.3 Å². The number of rotatable bonds is 3. The molecule has 0 radical (unpaired) electrons. The van der Waals surface area contributed by atoms with Crippen LogP contribution in [0.2, 0.25) is 0 Å². The summed E-state index contributed by atoms with van der Waals surface area (Å²) < 4.78 is 1.41. The van der Waals surface area contributed by atoms with E-state index < -0.39 is 0 Å². The summed E-state index contributed by atoms with van der Waals surface area (Å²) in [5.41, 5.74) is 1.46. The van der Waals surface area contributed by atoms with Gasteiger partial charge < -0.3 is 5.32 Å². The van der Waals surface area contributed by atoms with E-state index in [1.165, 1.54) is 26.9 Å². The molecule has 1 aliphatic carbocycles. The van der Waals surface area contributed by atoms with Crippen LogP contribution >= 0.6 is 11.3 Å². The number of aryl methyl sites for hydroxylation is 1. The van der Waals surface area contributed by atoms with E-state index in [1.807, 2.05) is 11.3 Å². The van der Waals surface area contributed by atoms with Crippen molar-refractivity contribution < 1.29 is 0 Å². The minimum atomic E-state index is 0.488. The highest BCUT2D eigenvalue weighted by atomic mass is 32.1. The maximum atomic E-state index is 3.73. The molecule has 3 atom stereocenters. The Morgan fingerprint density at radius 3 is 2.71 bits per heavy atom. The van der Waals surface area contributed by atoms with Gasteiger partial charge in [-0.05, 0) is 43.2 Å². The van der Waals surface area contributed by atoms with E-state index in [9.17, 15) is 0 Å². The molecule has 0 spiro atoms. The lowest BCUT2D eigenvalue weighted by molar-refractivity contribution is 0.557. The molecular formula is C15H19NS. The molecule has 1 heterocycles. The van der Waals surface area contributed by atoms with Gasteiger partial charge in [-0.1, -0.05) is 25.1 Å². The van der Waals surface area contributed by atoms with Gasteiger partial charge in [-0.15, -0.1) is 11.3 Å². The van der Waals surface area contributed by atoms with Crippen LogP contribution in [0.1, 0.15) is 36.8 Å². The van der Waals surface area contributed by atoms with Crippen molar-refractivity contribution in [3.63, 3.8) is 0 Å². The van der Waals surface area contributed by atoms with Crippen LogP contribution in [0.5, 0.6) is 0 Å². The average Bonchev–Trinajstić information content (AvgIpc) is 2.89. The fourth-order valence-corrected chi connectivity index (χ4v) is 3.78. The Balaban J connectivity index is 1.91. The number of nitrogens with one attached hydrogen (secondary N) is 1. The number of hydrogen-bond donors (Lipinski definition) is 1. The van der Waals surface area contributed by atoms with Gasteiger partial charge >= 0.3 is 0 Å². The summed E-state index contributed by atoms with van der Waals surface area (Å²) in [5, 5.41) is 5.15. The predicted octanol–water partition coefficient (Wildman–Crippen LogP) is 4.27. The van der Waals surface area contributed by atoms with Crippen molar-refractivity contribution in [2.75, 3.05) is 0 Å². The van der Waals surface area contributed by atoms with Crippen LogP contribution in [0.15, 0.2) is 24.3 Å². The highest BCUT2D eigenvalue weighted by Gasteiger charge is 2.33. The molecule has 17 heavy (non-hydrogen) atoms. The van der Waals surface area contributed by atoms with Gasteiger partial charge in [0.1, 0.15) is 0 Å². The Hall–Kier alpha value is -0.860. The first-order valence-electron chi connectivity index (χ1n) is 6.41. The molecule has 3 unspecified atom stereocenters. The summed E-state index contributed by atoms with van der Waals surface area (Å²) in [5.74, 6) is 0.868. The summed E-state index contributed by atoms with van der Waals surface area (Å²) in [7, 11) is 0. The molecule has 0 saturated heterocycles. The third kappa shape index (κ3) is 2.00. The summed E-state index contributed by atoms with van der Waals surface area (Å²) in [6.07, 6.45) is 1.34. The van der Waals surface area contributed by atoms with Gasteiger partial charge in [0, 0.05) is 21.7 Å². The van der Waals surface area contributed by atoms with E-state index in [2.05, 4.69) is 50.4 Å². The number of fused-ring (bicyclic) bond motifs is 1. The maximum absolute atomic E-state index is 3.73. The highest BCUT2D eigenvalue weighted by molar-refractivity contribution is 7.19. The second-order valence-corrected chi connectivity index (χ2v) is 6.38. The van der Waals surface area contributed by atoms with Crippen LogP contribution < -0.4 is 5.32 Å². The quantitative estimate of drug-likeness (QED) is 0.851. The summed E-state index contributed by atoms with van der Waals surface area (Å²) >= 11 is 1.94. The zero-order valence-corrected chi connectivity index (χ0v) is 11.5. The molecule has 2 aromatic rings. The third-order valence-corrected chi connectivity index (χ3v) is 5.30. The molecule has 1 aromatic heterocycles. The lowest BCUT2D eigenvalue weighted by Crippen LogP contribution is -2.21. The smallest absolute Gasteiger partial charge is 0.0391 e. The van der Waals surface area contributed by atoms with Crippen LogP contribution in [0.25, 0.3) is 10.1 Å². The highest BCUT2D eigenvalue weighted by Crippen LogP contribution is 2.37. The molecule has 1 nitrogen and oxygen atoms in total. The molecule has 1 fully saturated rings. The van der Waals surface area contributed by atoms with Gasteiger partial charge in [-0.2, -0.15) is 0 Å². The molecule has 2 heteroatoms. The largest absolute Gasteiger partial charge is 0.306 e. The van der Waals surface area contributed by atoms with Gasteiger partial charge in [-0.3, -0.25) is 0 Å². The Morgan fingerprint density at radius 2 is 2.06 bits per heavy atom. The van der Waals surface area contributed by atoms with Gasteiger partial charge in [0.05, 0.1) is 0 Å². The molecule has 1 aromatic carbocycles. The SMILES string of the molecule is Cc1c(C(C)NC2CC2C)sc2ccccc12. The normalized spacial score (nSPS) is 25.1. The van der Waals surface area contributed by atoms with Crippen molar-refractivity contribution in [1.29, 1.82) is 0 Å². The van der Waals surface area contributed by atoms with E-state index in [-0.39, 0.29) is 0 Å². The second-order valence-electron chi connectivity index (χ2n) is 5.30. The first-order chi connectivity index (χ1) is 8.16. The fourth-order valence-electron chi connectivity index (χ4n) is 2.56. The van der Waals surface area contributed by atoms with Crippen molar-refractivity contribution >= 4 is 21.4 Å². The Labute approximate surface area is 107 Å². The topological polar surface area (TPSA) is 12.0 Å². The third-order valence-electron chi connectivity index (χ3n) is 3.85. The van der Waals surface area contributed by atoms with E-state index in [0.717, 1.165) is 12.0 Å². The first kappa shape index (κ1) is 11.2. The molecule has 0 aliphatic heterocycles. The van der Waals surface area contributed by atoms with Crippen LogP contribution in [0.4, 0.5) is 0 Å². The minimum absolute atomic E-state index is 0.488. The Bertz CT molecular complexity index is 543. The van der Waals surface area contributed by atoms with E-state index >= 15 is 0 Å². The van der Waals surface area contributed by atoms with Gasteiger partial charge in [0.15, 0.2) is 0 Å². The van der Waals surface area contributed by atoms with Crippen LogP contribution in [-0.4, -0.2) is 6.04 Å². The summed E-state index contributed by atoms with van der Waals surface area (Å²) in [4.78, 5) is 1.50. The monoisotopic (exact) mass is 245 g/mol. The standard InChI is InChI=1S/C15H19NS/c1-9-8-13(9)16-11(3)15-10(2)12-6-4-5-7-14(12)17-15/h4-7,9,11,13,16H,8H2,1-3H3. The molecule has 1 aliphatic rings. The van der Waals surface area contributed by atoms with Gasteiger partial charge in [0.25, 0.3) is 0 Å². The Morgan fingerprint density at radius 1 is 1.35 bits per heavy atom. The maximum Gasteiger partial charge on any atom is 0.0391 e. The molecule has 1 saturated carbocycles. The summed E-state index contributed by atoms with van der Waals surface area (Å²) in [6.45, 7) is 6.87.